The van der Waals surface area contributed by atoms with Crippen molar-refractivity contribution in [2.75, 3.05) is 5.88 Å². The lowest BCUT2D eigenvalue weighted by Crippen LogP contribution is -2.44. The second-order valence-corrected chi connectivity index (χ2v) is 4.90. The maximum atomic E-state index is 11.3. The molecule has 1 amide bonds. The Hall–Kier alpha value is -0.520. The number of nitrogens with zero attached hydrogens (tertiary/aromatic N) is 3. The minimum atomic E-state index is -1.35. The van der Waals surface area contributed by atoms with Crippen LogP contribution < -0.4 is 5.32 Å². The van der Waals surface area contributed by atoms with E-state index < -0.39 is 10.5 Å². The lowest BCUT2D eigenvalue weighted by Gasteiger charge is -2.28. The quantitative estimate of drug-likeness (QED) is 0.838. The van der Waals surface area contributed by atoms with E-state index in [9.17, 15) is 4.79 Å². The summed E-state index contributed by atoms with van der Waals surface area (Å²) < 4.78 is 0.00995. The number of rotatable bonds is 5. The van der Waals surface area contributed by atoms with E-state index in [0.29, 0.717) is 6.42 Å². The molecular formula is C8H11Cl3N4O. The zero-order valence-electron chi connectivity index (χ0n) is 8.53. The summed E-state index contributed by atoms with van der Waals surface area (Å²) in [5.74, 6) is -0.249. The van der Waals surface area contributed by atoms with Crippen LogP contribution >= 0.6 is 34.8 Å². The van der Waals surface area contributed by atoms with Gasteiger partial charge in [0.2, 0.25) is 5.91 Å². The largest absolute Gasteiger partial charge is 0.332 e. The van der Waals surface area contributed by atoms with Gasteiger partial charge in [0, 0.05) is 6.42 Å². The van der Waals surface area contributed by atoms with Gasteiger partial charge in [0.05, 0.1) is 5.88 Å². The van der Waals surface area contributed by atoms with E-state index in [1.165, 1.54) is 17.3 Å². The summed E-state index contributed by atoms with van der Waals surface area (Å²) in [6.07, 6.45) is 2.30. The van der Waals surface area contributed by atoms with Gasteiger partial charge in [0.25, 0.3) is 0 Å². The SMILES string of the molecule is CCC(=O)NC(n1cncn1)C(Cl)(Cl)CCl. The Morgan fingerprint density at radius 3 is 2.75 bits per heavy atom. The molecule has 1 N–H and O–H groups in total. The van der Waals surface area contributed by atoms with Crippen molar-refractivity contribution in [3.8, 4) is 0 Å². The number of aromatic nitrogens is 3. The molecular weight excluding hydrogens is 274 g/mol. The third kappa shape index (κ3) is 3.23. The molecule has 0 saturated carbocycles. The van der Waals surface area contributed by atoms with E-state index in [4.69, 9.17) is 34.8 Å². The van der Waals surface area contributed by atoms with Crippen molar-refractivity contribution >= 4 is 40.7 Å². The van der Waals surface area contributed by atoms with Crippen LogP contribution in [-0.2, 0) is 4.79 Å². The molecule has 0 radical (unpaired) electrons. The Kier molecular flexibility index (Phi) is 4.83. The molecule has 1 atom stereocenters. The molecule has 0 aliphatic rings. The van der Waals surface area contributed by atoms with Crippen LogP contribution in [0.25, 0.3) is 0 Å². The van der Waals surface area contributed by atoms with Gasteiger partial charge in [0.1, 0.15) is 12.7 Å². The minimum absolute atomic E-state index is 0.0510. The molecule has 0 fully saturated rings. The fourth-order valence-corrected chi connectivity index (χ4v) is 1.50. The van der Waals surface area contributed by atoms with Crippen molar-refractivity contribution in [2.45, 2.75) is 23.8 Å². The summed E-state index contributed by atoms with van der Waals surface area (Å²) in [6, 6.07) is 0. The van der Waals surface area contributed by atoms with E-state index in [-0.39, 0.29) is 11.8 Å². The van der Waals surface area contributed by atoms with Crippen molar-refractivity contribution in [3.63, 3.8) is 0 Å². The van der Waals surface area contributed by atoms with Gasteiger partial charge < -0.3 is 5.32 Å². The standard InChI is InChI=1S/C8H11Cl3N4O/c1-2-6(16)14-7(8(10,11)3-9)15-5-12-4-13-15/h4-5,7H,2-3H2,1H3,(H,14,16). The van der Waals surface area contributed by atoms with Crippen LogP contribution in [0.2, 0.25) is 0 Å². The second-order valence-electron chi connectivity index (χ2n) is 3.09. The van der Waals surface area contributed by atoms with Gasteiger partial charge in [-0.25, -0.2) is 9.67 Å². The molecule has 1 unspecified atom stereocenters. The molecule has 0 aliphatic heterocycles. The minimum Gasteiger partial charge on any atom is -0.332 e. The zero-order valence-corrected chi connectivity index (χ0v) is 10.8. The monoisotopic (exact) mass is 284 g/mol. The fraction of sp³-hybridized carbons (Fsp3) is 0.625. The Labute approximate surface area is 108 Å². The zero-order chi connectivity index (χ0) is 12.2. The highest BCUT2D eigenvalue weighted by atomic mass is 35.5. The lowest BCUT2D eigenvalue weighted by atomic mass is 10.3. The molecule has 0 aromatic carbocycles. The molecule has 0 spiro atoms. The van der Waals surface area contributed by atoms with Crippen LogP contribution in [0, 0.1) is 0 Å². The Bertz CT molecular complexity index is 341. The normalized spacial score (nSPS) is 13.5. The van der Waals surface area contributed by atoms with Crippen molar-refractivity contribution < 1.29 is 4.79 Å². The molecule has 0 aliphatic carbocycles. The first-order chi connectivity index (χ1) is 7.51. The number of hydrogen-bond acceptors (Lipinski definition) is 3. The topological polar surface area (TPSA) is 59.8 Å². The van der Waals surface area contributed by atoms with Gasteiger partial charge in [0.15, 0.2) is 10.5 Å². The summed E-state index contributed by atoms with van der Waals surface area (Å²) in [6.45, 7) is 1.72. The van der Waals surface area contributed by atoms with E-state index in [1.54, 1.807) is 6.92 Å². The van der Waals surface area contributed by atoms with Crippen LogP contribution in [0.5, 0.6) is 0 Å². The molecule has 90 valence electrons. The van der Waals surface area contributed by atoms with Crippen LogP contribution in [-0.4, -0.2) is 30.9 Å². The molecule has 0 saturated heterocycles. The highest BCUT2D eigenvalue weighted by Gasteiger charge is 2.37. The molecule has 8 heteroatoms. The van der Waals surface area contributed by atoms with Crippen molar-refractivity contribution in [2.24, 2.45) is 0 Å². The van der Waals surface area contributed by atoms with Crippen LogP contribution in [0.15, 0.2) is 12.7 Å². The summed E-state index contributed by atoms with van der Waals surface area (Å²) in [5, 5.41) is 6.51. The highest BCUT2D eigenvalue weighted by molar-refractivity contribution is 6.51. The number of carbonyl (C=O) groups excluding carboxylic acids is 1. The first-order valence-corrected chi connectivity index (χ1v) is 5.87. The third-order valence-corrected chi connectivity index (χ3v) is 3.27. The fourth-order valence-electron chi connectivity index (χ4n) is 1.04. The van der Waals surface area contributed by atoms with Crippen molar-refractivity contribution in [1.82, 2.24) is 20.1 Å². The molecule has 1 heterocycles. The van der Waals surface area contributed by atoms with Crippen molar-refractivity contribution in [3.05, 3.63) is 12.7 Å². The molecule has 0 bridgehead atoms. The predicted molar refractivity (Wildman–Crippen MR) is 62.6 cm³/mol. The maximum absolute atomic E-state index is 11.3. The predicted octanol–water partition coefficient (Wildman–Crippen LogP) is 1.72. The number of halogens is 3. The first kappa shape index (κ1) is 13.5. The highest BCUT2D eigenvalue weighted by Crippen LogP contribution is 2.33. The summed E-state index contributed by atoms with van der Waals surface area (Å²) >= 11 is 17.7. The molecule has 1 rings (SSSR count). The van der Waals surface area contributed by atoms with Gasteiger partial charge in [-0.15, -0.1) is 11.6 Å². The third-order valence-electron chi connectivity index (χ3n) is 1.90. The van der Waals surface area contributed by atoms with Crippen molar-refractivity contribution in [1.29, 1.82) is 0 Å². The van der Waals surface area contributed by atoms with E-state index >= 15 is 0 Å². The number of nitrogens with one attached hydrogen (secondary N) is 1. The molecule has 1 aromatic rings. The summed E-state index contributed by atoms with van der Waals surface area (Å²) in [5.41, 5.74) is 0. The maximum Gasteiger partial charge on any atom is 0.221 e. The lowest BCUT2D eigenvalue weighted by molar-refractivity contribution is -0.122. The van der Waals surface area contributed by atoms with E-state index in [0.717, 1.165) is 0 Å². The number of hydrogen-bond donors (Lipinski definition) is 1. The number of carbonyl (C=O) groups is 1. The van der Waals surface area contributed by atoms with Crippen LogP contribution in [0.3, 0.4) is 0 Å². The molecule has 5 nitrogen and oxygen atoms in total. The first-order valence-electron chi connectivity index (χ1n) is 4.58. The van der Waals surface area contributed by atoms with Crippen LogP contribution in [0.1, 0.15) is 19.5 Å². The van der Waals surface area contributed by atoms with Gasteiger partial charge >= 0.3 is 0 Å². The summed E-state index contributed by atoms with van der Waals surface area (Å²) in [7, 11) is 0. The van der Waals surface area contributed by atoms with E-state index in [1.807, 2.05) is 0 Å². The van der Waals surface area contributed by atoms with Crippen LogP contribution in [0.4, 0.5) is 0 Å². The van der Waals surface area contributed by atoms with Gasteiger partial charge in [-0.1, -0.05) is 30.1 Å². The van der Waals surface area contributed by atoms with Gasteiger partial charge in [-0.2, -0.15) is 5.10 Å². The molecule has 1 aromatic heterocycles. The summed E-state index contributed by atoms with van der Waals surface area (Å²) in [4.78, 5) is 15.1. The Morgan fingerprint density at radius 1 is 1.62 bits per heavy atom. The second kappa shape index (κ2) is 5.70. The number of alkyl halides is 3. The average Bonchev–Trinajstić information content (AvgIpc) is 2.78. The Balaban J connectivity index is 2.90. The molecule has 16 heavy (non-hydrogen) atoms. The number of amides is 1. The van der Waals surface area contributed by atoms with E-state index in [2.05, 4.69) is 15.4 Å². The van der Waals surface area contributed by atoms with Gasteiger partial charge in [-0.3, -0.25) is 4.79 Å². The smallest absolute Gasteiger partial charge is 0.221 e. The Morgan fingerprint density at radius 2 is 2.31 bits per heavy atom. The van der Waals surface area contributed by atoms with Gasteiger partial charge in [-0.05, 0) is 0 Å². The average molecular weight is 286 g/mol.